The Bertz CT molecular complexity index is 1070. The number of benzene rings is 3. The van der Waals surface area contributed by atoms with Crippen molar-refractivity contribution in [2.75, 3.05) is 23.7 Å². The number of hydrogen-bond donors (Lipinski definition) is 3. The molecular formula is C22H23N3O3S2. The summed E-state index contributed by atoms with van der Waals surface area (Å²) in [5.41, 5.74) is 2.39. The summed E-state index contributed by atoms with van der Waals surface area (Å²) in [6.07, 6.45) is 0.858. The molecule has 0 heterocycles. The number of nitrogens with one attached hydrogen (secondary N) is 3. The van der Waals surface area contributed by atoms with Crippen molar-refractivity contribution in [3.05, 3.63) is 84.4 Å². The minimum Gasteiger partial charge on any atom is -0.497 e. The van der Waals surface area contributed by atoms with Crippen LogP contribution in [-0.2, 0) is 16.4 Å². The van der Waals surface area contributed by atoms with Gasteiger partial charge < -0.3 is 15.4 Å². The van der Waals surface area contributed by atoms with E-state index in [2.05, 4.69) is 27.5 Å². The SMILES string of the molecule is COc1ccc(NS(=O)(=O)c2ccc(NC(=S)NCCc3ccccc3)cc2)cc1. The molecule has 0 radical (unpaired) electrons. The van der Waals surface area contributed by atoms with Crippen LogP contribution in [-0.4, -0.2) is 27.2 Å². The largest absolute Gasteiger partial charge is 0.497 e. The molecule has 3 N–H and O–H groups in total. The summed E-state index contributed by atoms with van der Waals surface area (Å²) in [7, 11) is -2.14. The Kier molecular flexibility index (Phi) is 7.26. The Morgan fingerprint density at radius 2 is 1.53 bits per heavy atom. The molecule has 3 rings (SSSR count). The average Bonchev–Trinajstić information content (AvgIpc) is 2.75. The summed E-state index contributed by atoms with van der Waals surface area (Å²) >= 11 is 5.30. The van der Waals surface area contributed by atoms with Gasteiger partial charge in [-0.05, 0) is 72.7 Å². The summed E-state index contributed by atoms with van der Waals surface area (Å²) in [6.45, 7) is 0.702. The lowest BCUT2D eigenvalue weighted by Gasteiger charge is -2.12. The lowest BCUT2D eigenvalue weighted by atomic mass is 10.1. The van der Waals surface area contributed by atoms with Crippen molar-refractivity contribution in [1.82, 2.24) is 5.32 Å². The highest BCUT2D eigenvalue weighted by Gasteiger charge is 2.14. The van der Waals surface area contributed by atoms with Crippen molar-refractivity contribution in [3.63, 3.8) is 0 Å². The van der Waals surface area contributed by atoms with Gasteiger partial charge in [-0.15, -0.1) is 0 Å². The molecule has 0 spiro atoms. The molecule has 0 amide bonds. The van der Waals surface area contributed by atoms with E-state index in [4.69, 9.17) is 17.0 Å². The fourth-order valence-electron chi connectivity index (χ4n) is 2.73. The van der Waals surface area contributed by atoms with Crippen molar-refractivity contribution in [3.8, 4) is 5.75 Å². The molecule has 0 aliphatic rings. The minimum atomic E-state index is -3.69. The number of anilines is 2. The summed E-state index contributed by atoms with van der Waals surface area (Å²) < 4.78 is 32.8. The van der Waals surface area contributed by atoms with E-state index >= 15 is 0 Å². The smallest absolute Gasteiger partial charge is 0.261 e. The van der Waals surface area contributed by atoms with Gasteiger partial charge in [0.15, 0.2) is 5.11 Å². The van der Waals surface area contributed by atoms with Crippen LogP contribution in [0.4, 0.5) is 11.4 Å². The van der Waals surface area contributed by atoms with Gasteiger partial charge in [0.2, 0.25) is 0 Å². The van der Waals surface area contributed by atoms with Crippen LogP contribution in [0.3, 0.4) is 0 Å². The fourth-order valence-corrected chi connectivity index (χ4v) is 4.01. The van der Waals surface area contributed by atoms with Gasteiger partial charge in [0.05, 0.1) is 12.0 Å². The first kappa shape index (κ1) is 21.6. The van der Waals surface area contributed by atoms with Crippen LogP contribution in [0.2, 0.25) is 0 Å². The van der Waals surface area contributed by atoms with Crippen molar-refractivity contribution in [1.29, 1.82) is 0 Å². The maximum Gasteiger partial charge on any atom is 0.261 e. The number of hydrogen-bond acceptors (Lipinski definition) is 4. The van der Waals surface area contributed by atoms with Crippen molar-refractivity contribution < 1.29 is 13.2 Å². The predicted octanol–water partition coefficient (Wildman–Crippen LogP) is 4.03. The quantitative estimate of drug-likeness (QED) is 0.458. The van der Waals surface area contributed by atoms with E-state index in [0.717, 1.165) is 6.42 Å². The number of sulfonamides is 1. The van der Waals surface area contributed by atoms with Gasteiger partial charge in [-0.1, -0.05) is 30.3 Å². The zero-order valence-corrected chi connectivity index (χ0v) is 18.1. The van der Waals surface area contributed by atoms with Crippen molar-refractivity contribution >= 4 is 38.7 Å². The second-order valence-electron chi connectivity index (χ2n) is 6.47. The van der Waals surface area contributed by atoms with Crippen LogP contribution in [0.5, 0.6) is 5.75 Å². The third kappa shape index (κ3) is 6.20. The first-order chi connectivity index (χ1) is 14.5. The molecular weight excluding hydrogens is 418 g/mol. The molecule has 0 saturated heterocycles. The summed E-state index contributed by atoms with van der Waals surface area (Å²) in [4.78, 5) is 0.159. The molecule has 3 aromatic carbocycles. The number of thiocarbonyl (C=S) groups is 1. The molecule has 156 valence electrons. The van der Waals surface area contributed by atoms with E-state index < -0.39 is 10.0 Å². The normalized spacial score (nSPS) is 10.8. The second-order valence-corrected chi connectivity index (χ2v) is 8.57. The maximum atomic E-state index is 12.6. The molecule has 3 aromatic rings. The topological polar surface area (TPSA) is 79.5 Å². The molecule has 0 aliphatic heterocycles. The van der Waals surface area contributed by atoms with Gasteiger partial charge in [0.1, 0.15) is 5.75 Å². The first-order valence-corrected chi connectivity index (χ1v) is 11.2. The molecule has 0 fully saturated rings. The Labute approximate surface area is 182 Å². The van der Waals surface area contributed by atoms with E-state index in [0.29, 0.717) is 28.8 Å². The van der Waals surface area contributed by atoms with Gasteiger partial charge in [-0.25, -0.2) is 8.42 Å². The van der Waals surface area contributed by atoms with Crippen molar-refractivity contribution in [2.24, 2.45) is 0 Å². The Morgan fingerprint density at radius 1 is 0.900 bits per heavy atom. The van der Waals surface area contributed by atoms with Crippen LogP contribution in [0.15, 0.2) is 83.8 Å². The van der Waals surface area contributed by atoms with E-state index in [1.165, 1.54) is 17.7 Å². The summed E-state index contributed by atoms with van der Waals surface area (Å²) in [5, 5.41) is 6.69. The van der Waals surface area contributed by atoms with E-state index in [1.54, 1.807) is 43.5 Å². The number of ether oxygens (including phenoxy) is 1. The third-order valence-electron chi connectivity index (χ3n) is 4.31. The lowest BCUT2D eigenvalue weighted by molar-refractivity contribution is 0.415. The molecule has 0 aliphatic carbocycles. The highest BCUT2D eigenvalue weighted by atomic mass is 32.2. The molecule has 0 saturated carbocycles. The van der Waals surface area contributed by atoms with Gasteiger partial charge in [0.25, 0.3) is 10.0 Å². The molecule has 0 aromatic heterocycles. The maximum absolute atomic E-state index is 12.6. The molecule has 30 heavy (non-hydrogen) atoms. The molecule has 0 atom stereocenters. The first-order valence-electron chi connectivity index (χ1n) is 9.32. The van der Waals surface area contributed by atoms with E-state index in [1.807, 2.05) is 18.2 Å². The number of rotatable bonds is 8. The van der Waals surface area contributed by atoms with Gasteiger partial charge in [0, 0.05) is 17.9 Å². The Balaban J connectivity index is 1.53. The van der Waals surface area contributed by atoms with Gasteiger partial charge in [-0.2, -0.15) is 0 Å². The highest BCUT2D eigenvalue weighted by molar-refractivity contribution is 7.92. The predicted molar refractivity (Wildman–Crippen MR) is 125 cm³/mol. The highest BCUT2D eigenvalue weighted by Crippen LogP contribution is 2.20. The lowest BCUT2D eigenvalue weighted by Crippen LogP contribution is -2.30. The molecule has 8 heteroatoms. The van der Waals surface area contributed by atoms with Crippen LogP contribution in [0.1, 0.15) is 5.56 Å². The molecule has 0 unspecified atom stereocenters. The third-order valence-corrected chi connectivity index (χ3v) is 5.95. The zero-order chi connectivity index (χ0) is 21.4. The van der Waals surface area contributed by atoms with E-state index in [9.17, 15) is 8.42 Å². The van der Waals surface area contributed by atoms with Crippen LogP contribution in [0, 0.1) is 0 Å². The molecule has 6 nitrogen and oxygen atoms in total. The van der Waals surface area contributed by atoms with Crippen LogP contribution < -0.4 is 20.1 Å². The van der Waals surface area contributed by atoms with Crippen LogP contribution in [0.25, 0.3) is 0 Å². The van der Waals surface area contributed by atoms with Gasteiger partial charge in [-0.3, -0.25) is 4.72 Å². The number of methoxy groups -OCH3 is 1. The zero-order valence-electron chi connectivity index (χ0n) is 16.5. The monoisotopic (exact) mass is 441 g/mol. The Morgan fingerprint density at radius 3 is 2.17 bits per heavy atom. The second kappa shape index (κ2) is 10.1. The summed E-state index contributed by atoms with van der Waals surface area (Å²) in [5.74, 6) is 0.654. The minimum absolute atomic E-state index is 0.159. The van der Waals surface area contributed by atoms with Crippen molar-refractivity contribution in [2.45, 2.75) is 11.3 Å². The average molecular weight is 442 g/mol. The Hall–Kier alpha value is -3.10. The molecule has 0 bridgehead atoms. The van der Waals surface area contributed by atoms with E-state index in [-0.39, 0.29) is 4.90 Å². The van der Waals surface area contributed by atoms with Gasteiger partial charge >= 0.3 is 0 Å². The van der Waals surface area contributed by atoms with Crippen LogP contribution >= 0.6 is 12.2 Å². The summed E-state index contributed by atoms with van der Waals surface area (Å²) in [6, 6.07) is 23.2. The fraction of sp³-hybridized carbons (Fsp3) is 0.136. The standard InChI is InChI=1S/C22H23N3O3S2/c1-28-20-11-7-19(8-12-20)25-30(26,27)21-13-9-18(10-14-21)24-22(29)23-16-15-17-5-3-2-4-6-17/h2-14,25H,15-16H2,1H3,(H2,23,24,29).